The summed E-state index contributed by atoms with van der Waals surface area (Å²) in [5.41, 5.74) is 0. The second-order valence-electron chi connectivity index (χ2n) is 15.2. The van der Waals surface area contributed by atoms with Crippen LogP contribution in [0.3, 0.4) is 0 Å². The third-order valence-corrected chi connectivity index (χ3v) is 9.47. The first-order chi connectivity index (χ1) is 29.5. The van der Waals surface area contributed by atoms with Crippen molar-refractivity contribution in [3.8, 4) is 0 Å². The van der Waals surface area contributed by atoms with Gasteiger partial charge in [-0.1, -0.05) is 175 Å². The molecule has 0 aliphatic rings. The molecule has 0 amide bonds. The van der Waals surface area contributed by atoms with E-state index in [0.29, 0.717) is 19.3 Å². The minimum Gasteiger partial charge on any atom is -0.462 e. The van der Waals surface area contributed by atoms with Crippen LogP contribution in [0, 0.1) is 0 Å². The van der Waals surface area contributed by atoms with Gasteiger partial charge in [0.05, 0.1) is 0 Å². The van der Waals surface area contributed by atoms with Crippen LogP contribution in [0.5, 0.6) is 0 Å². The molecule has 0 heterocycles. The molecule has 6 nitrogen and oxygen atoms in total. The van der Waals surface area contributed by atoms with E-state index in [0.717, 1.165) is 135 Å². The van der Waals surface area contributed by atoms with Crippen LogP contribution >= 0.6 is 0 Å². The molecule has 0 rings (SSSR count). The molecular formula is C54H86O6. The van der Waals surface area contributed by atoms with Gasteiger partial charge in [0.2, 0.25) is 0 Å². The molecule has 60 heavy (non-hydrogen) atoms. The van der Waals surface area contributed by atoms with Crippen molar-refractivity contribution in [2.24, 2.45) is 0 Å². The second kappa shape index (κ2) is 47.7. The third kappa shape index (κ3) is 45.2. The molecule has 0 radical (unpaired) electrons. The van der Waals surface area contributed by atoms with Crippen LogP contribution in [0.15, 0.2) is 109 Å². The number of allylic oxidation sites excluding steroid dienone is 18. The van der Waals surface area contributed by atoms with E-state index < -0.39 is 6.10 Å². The molecule has 0 saturated carbocycles. The van der Waals surface area contributed by atoms with E-state index in [1.807, 2.05) is 0 Å². The van der Waals surface area contributed by atoms with E-state index in [-0.39, 0.29) is 37.5 Å². The van der Waals surface area contributed by atoms with Crippen LogP contribution in [-0.4, -0.2) is 37.2 Å². The molecule has 0 fully saturated rings. The topological polar surface area (TPSA) is 78.9 Å². The Hall–Kier alpha value is -3.93. The van der Waals surface area contributed by atoms with Gasteiger partial charge in [0.15, 0.2) is 6.10 Å². The highest BCUT2D eigenvalue weighted by Crippen LogP contribution is 2.12. The summed E-state index contributed by atoms with van der Waals surface area (Å²) in [5.74, 6) is -1.01. The van der Waals surface area contributed by atoms with Crippen LogP contribution < -0.4 is 0 Å². The van der Waals surface area contributed by atoms with Gasteiger partial charge >= 0.3 is 17.9 Å². The Kier molecular flexibility index (Phi) is 44.6. The maximum absolute atomic E-state index is 12.7. The Morgan fingerprint density at radius 2 is 0.667 bits per heavy atom. The fourth-order valence-electron chi connectivity index (χ4n) is 5.96. The molecule has 6 heteroatoms. The Bertz CT molecular complexity index is 1280. The van der Waals surface area contributed by atoms with Crippen molar-refractivity contribution in [1.29, 1.82) is 0 Å². The average molecular weight is 831 g/mol. The maximum atomic E-state index is 12.7. The maximum Gasteiger partial charge on any atom is 0.306 e. The number of ether oxygens (including phenoxy) is 3. The highest BCUT2D eigenvalue weighted by Gasteiger charge is 2.19. The smallest absolute Gasteiger partial charge is 0.306 e. The molecule has 0 aromatic heterocycles. The van der Waals surface area contributed by atoms with Crippen molar-refractivity contribution >= 4 is 17.9 Å². The number of carbonyl (C=O) groups is 3. The number of unbranched alkanes of at least 4 members (excludes halogenated alkanes) is 12. The molecule has 0 aromatic rings. The van der Waals surface area contributed by atoms with Crippen molar-refractivity contribution < 1.29 is 28.6 Å². The van der Waals surface area contributed by atoms with E-state index in [1.165, 1.54) is 12.8 Å². The van der Waals surface area contributed by atoms with Crippen LogP contribution in [0.4, 0.5) is 0 Å². The predicted molar refractivity (Wildman–Crippen MR) is 256 cm³/mol. The Labute approximate surface area is 368 Å². The molecule has 0 aliphatic heterocycles. The normalized spacial score (nSPS) is 13.1. The monoisotopic (exact) mass is 831 g/mol. The number of hydrogen-bond donors (Lipinski definition) is 0. The van der Waals surface area contributed by atoms with E-state index in [9.17, 15) is 14.4 Å². The van der Waals surface area contributed by atoms with Gasteiger partial charge in [0.25, 0.3) is 0 Å². The summed E-state index contributed by atoms with van der Waals surface area (Å²) < 4.78 is 16.7. The van der Waals surface area contributed by atoms with Crippen molar-refractivity contribution in [3.05, 3.63) is 109 Å². The standard InChI is InChI=1S/C54H86O6/c1-4-7-10-13-16-19-22-24-26-27-29-30-32-35-38-41-44-47-53(56)59-50-51(49-58-52(55)46-43-40-37-34-21-18-15-12-9-6-3)60-54(57)48-45-42-39-36-33-31-28-25-23-20-17-14-11-8-5-2/h7-8,10-12,15-17,19-20,24-26,28-30,35,38,51H,4-6,9,13-14,18,21-23,27,31-34,36-37,39-50H2,1-3H3/b10-7-,11-8-,15-12-,19-16-,20-17-,26-24-,28-25-,30-29-,38-35-. The molecule has 0 aliphatic carbocycles. The van der Waals surface area contributed by atoms with Gasteiger partial charge in [-0.2, -0.15) is 0 Å². The van der Waals surface area contributed by atoms with Gasteiger partial charge in [-0.3, -0.25) is 14.4 Å². The zero-order chi connectivity index (χ0) is 43.7. The Morgan fingerprint density at radius 3 is 1.10 bits per heavy atom. The molecule has 1 unspecified atom stereocenters. The zero-order valence-electron chi connectivity index (χ0n) is 38.4. The Morgan fingerprint density at radius 1 is 0.350 bits per heavy atom. The zero-order valence-corrected chi connectivity index (χ0v) is 38.4. The third-order valence-electron chi connectivity index (χ3n) is 9.47. The summed E-state index contributed by atoms with van der Waals surface area (Å²) in [6.45, 7) is 6.25. The molecule has 0 N–H and O–H groups in total. The summed E-state index contributed by atoms with van der Waals surface area (Å²) in [6.07, 6.45) is 63.6. The molecule has 1 atom stereocenters. The van der Waals surface area contributed by atoms with Crippen LogP contribution in [0.2, 0.25) is 0 Å². The number of rotatable bonds is 41. The SMILES string of the molecule is CC/C=C\C/C=C\C/C=C\C/C=C\C/C=C\CCCC(=O)OCC(COC(=O)CCCCCCC/C=C\CCC)OC(=O)CCCCCCC/C=C\C/C=C\C/C=C\CC. The summed E-state index contributed by atoms with van der Waals surface area (Å²) in [7, 11) is 0. The number of esters is 3. The molecule has 0 spiro atoms. The van der Waals surface area contributed by atoms with E-state index in [4.69, 9.17) is 14.2 Å². The van der Waals surface area contributed by atoms with Gasteiger partial charge < -0.3 is 14.2 Å². The number of hydrogen-bond acceptors (Lipinski definition) is 6. The van der Waals surface area contributed by atoms with E-state index in [2.05, 4.69) is 130 Å². The van der Waals surface area contributed by atoms with Gasteiger partial charge in [-0.25, -0.2) is 0 Å². The lowest BCUT2D eigenvalue weighted by Crippen LogP contribution is -2.30. The first kappa shape index (κ1) is 56.1. The summed E-state index contributed by atoms with van der Waals surface area (Å²) >= 11 is 0. The van der Waals surface area contributed by atoms with Crippen molar-refractivity contribution in [2.45, 2.75) is 200 Å². The summed E-state index contributed by atoms with van der Waals surface area (Å²) in [4.78, 5) is 37.8. The lowest BCUT2D eigenvalue weighted by Gasteiger charge is -2.18. The van der Waals surface area contributed by atoms with E-state index >= 15 is 0 Å². The van der Waals surface area contributed by atoms with Crippen LogP contribution in [0.25, 0.3) is 0 Å². The van der Waals surface area contributed by atoms with Gasteiger partial charge in [0.1, 0.15) is 13.2 Å². The average Bonchev–Trinajstić information content (AvgIpc) is 3.24. The first-order valence-corrected chi connectivity index (χ1v) is 23.9. The lowest BCUT2D eigenvalue weighted by molar-refractivity contribution is -0.167. The van der Waals surface area contributed by atoms with Crippen molar-refractivity contribution in [2.75, 3.05) is 13.2 Å². The molecule has 0 saturated heterocycles. The van der Waals surface area contributed by atoms with Crippen LogP contribution in [-0.2, 0) is 28.6 Å². The van der Waals surface area contributed by atoms with Gasteiger partial charge in [-0.05, 0) is 109 Å². The largest absolute Gasteiger partial charge is 0.462 e. The highest BCUT2D eigenvalue weighted by molar-refractivity contribution is 5.71. The van der Waals surface area contributed by atoms with Crippen molar-refractivity contribution in [3.63, 3.8) is 0 Å². The fraction of sp³-hybridized carbons (Fsp3) is 0.611. The molecule has 0 bridgehead atoms. The van der Waals surface area contributed by atoms with Crippen LogP contribution in [0.1, 0.15) is 194 Å². The Balaban J connectivity index is 4.52. The van der Waals surface area contributed by atoms with Crippen molar-refractivity contribution in [1.82, 2.24) is 0 Å². The quantitative estimate of drug-likeness (QED) is 0.0264. The van der Waals surface area contributed by atoms with E-state index in [1.54, 1.807) is 0 Å². The minimum atomic E-state index is -0.813. The molecular weight excluding hydrogens is 745 g/mol. The minimum absolute atomic E-state index is 0.110. The first-order valence-electron chi connectivity index (χ1n) is 23.9. The fourth-order valence-corrected chi connectivity index (χ4v) is 5.96. The highest BCUT2D eigenvalue weighted by atomic mass is 16.6. The molecule has 338 valence electrons. The molecule has 0 aromatic carbocycles. The summed E-state index contributed by atoms with van der Waals surface area (Å²) in [6, 6.07) is 0. The lowest BCUT2D eigenvalue weighted by atomic mass is 10.1. The summed E-state index contributed by atoms with van der Waals surface area (Å²) in [5, 5.41) is 0. The van der Waals surface area contributed by atoms with Gasteiger partial charge in [0, 0.05) is 19.3 Å². The number of carbonyl (C=O) groups excluding carboxylic acids is 3. The second-order valence-corrected chi connectivity index (χ2v) is 15.2. The predicted octanol–water partition coefficient (Wildman–Crippen LogP) is 15.6. The van der Waals surface area contributed by atoms with Gasteiger partial charge in [-0.15, -0.1) is 0 Å².